The van der Waals surface area contributed by atoms with Gasteiger partial charge in [0.1, 0.15) is 6.61 Å². The van der Waals surface area contributed by atoms with Crippen molar-refractivity contribution < 1.29 is 37.6 Å². The Morgan fingerprint density at radius 1 is 0.443 bits per heavy atom. The maximum atomic E-state index is 12.6. The molecular formula is C60H98NO8P. The van der Waals surface area contributed by atoms with Gasteiger partial charge in [0.2, 0.25) is 0 Å². The van der Waals surface area contributed by atoms with Crippen molar-refractivity contribution in [1.82, 2.24) is 0 Å². The van der Waals surface area contributed by atoms with Gasteiger partial charge < -0.3 is 20.1 Å². The Morgan fingerprint density at radius 3 is 1.19 bits per heavy atom. The van der Waals surface area contributed by atoms with E-state index in [9.17, 15) is 19.0 Å². The van der Waals surface area contributed by atoms with Crippen molar-refractivity contribution in [2.45, 2.75) is 206 Å². The summed E-state index contributed by atoms with van der Waals surface area (Å²) in [5.41, 5.74) is 5.36. The minimum atomic E-state index is -4.39. The first-order chi connectivity index (χ1) is 34.3. The molecule has 70 heavy (non-hydrogen) atoms. The number of hydrogen-bond donors (Lipinski definition) is 2. The van der Waals surface area contributed by atoms with E-state index in [0.717, 1.165) is 128 Å². The number of hydrogen-bond acceptors (Lipinski definition) is 8. The lowest BCUT2D eigenvalue weighted by molar-refractivity contribution is -0.161. The van der Waals surface area contributed by atoms with Crippen LogP contribution in [0.2, 0.25) is 0 Å². The molecule has 0 saturated carbocycles. The Kier molecular flexibility index (Phi) is 51.5. The third-order valence-corrected chi connectivity index (χ3v) is 11.7. The van der Waals surface area contributed by atoms with Crippen LogP contribution in [0.3, 0.4) is 0 Å². The zero-order valence-electron chi connectivity index (χ0n) is 43.9. The number of nitrogens with two attached hydrogens (primary N) is 1. The maximum absolute atomic E-state index is 12.6. The van der Waals surface area contributed by atoms with Crippen molar-refractivity contribution in [1.29, 1.82) is 0 Å². The van der Waals surface area contributed by atoms with Crippen molar-refractivity contribution in [2.75, 3.05) is 26.4 Å². The predicted molar refractivity (Wildman–Crippen MR) is 297 cm³/mol. The summed E-state index contributed by atoms with van der Waals surface area (Å²) in [6.07, 6.45) is 76.6. The molecule has 2 atom stereocenters. The van der Waals surface area contributed by atoms with Crippen LogP contribution in [0.25, 0.3) is 0 Å². The number of ether oxygens (including phenoxy) is 2. The van der Waals surface area contributed by atoms with Crippen molar-refractivity contribution in [3.05, 3.63) is 134 Å². The highest BCUT2D eigenvalue weighted by Crippen LogP contribution is 2.43. The molecule has 0 spiro atoms. The standard InChI is InChI=1S/C60H98NO8P/c1-3-5-7-9-11-13-15-16-17-18-19-20-21-22-23-24-25-26-27-28-29-30-31-32-33-34-35-36-37-38-39-40-41-42-43-45-47-49-51-53-60(63)69-58(57-68-70(64,65)67-55-54-61)56-66-59(62)52-50-48-46-44-14-12-10-8-6-4-2/h5,7-8,10-11,13,16-17,19-20,22-23,25-26,28-29,31-32,34-35,37-38,58H,3-4,6,9,12,14-15,18,21,24,27,30,33,36,39-57,61H2,1-2H3,(H,64,65)/b7-5-,10-8-,13-11-,17-16-,20-19-,23-22-,26-25-,29-28-,32-31-,35-34-,38-37-. The van der Waals surface area contributed by atoms with Crippen LogP contribution in [0.4, 0.5) is 0 Å². The Bertz CT molecular complexity index is 1600. The van der Waals surface area contributed by atoms with Gasteiger partial charge in [0.05, 0.1) is 13.2 Å². The lowest BCUT2D eigenvalue weighted by Gasteiger charge is -2.19. The van der Waals surface area contributed by atoms with Crippen LogP contribution in [-0.4, -0.2) is 49.3 Å². The van der Waals surface area contributed by atoms with E-state index in [1.165, 1.54) is 32.1 Å². The first-order valence-corrected chi connectivity index (χ1v) is 28.7. The maximum Gasteiger partial charge on any atom is 0.472 e. The largest absolute Gasteiger partial charge is 0.472 e. The molecule has 0 rings (SSSR count). The van der Waals surface area contributed by atoms with Crippen LogP contribution in [-0.2, 0) is 32.7 Å². The number of carbonyl (C=O) groups excluding carboxylic acids is 2. The molecule has 0 aromatic carbocycles. The Balaban J connectivity index is 3.97. The summed E-state index contributed by atoms with van der Waals surface area (Å²) in [7, 11) is -4.39. The molecule has 0 radical (unpaired) electrons. The minimum absolute atomic E-state index is 0.0446. The van der Waals surface area contributed by atoms with Gasteiger partial charge in [-0.2, -0.15) is 0 Å². The zero-order chi connectivity index (χ0) is 51.0. The third kappa shape index (κ3) is 53.5. The Morgan fingerprint density at radius 2 is 0.786 bits per heavy atom. The molecule has 0 aromatic rings. The molecule has 0 aliphatic heterocycles. The summed E-state index contributed by atoms with van der Waals surface area (Å²) < 4.78 is 32.8. The SMILES string of the molecule is CC/C=C\C/C=C\C/C=C\C/C=C\C/C=C\C/C=C\C/C=C\C/C=C\C/C=C\C/C=C\CCCCCCCCCCC(=O)OC(COC(=O)CCCCCCC/C=C\CCC)COP(=O)(O)OCCN. The number of carbonyl (C=O) groups is 2. The number of phosphoric ester groups is 1. The Hall–Kier alpha value is -3.85. The van der Waals surface area contributed by atoms with Gasteiger partial charge in [-0.15, -0.1) is 0 Å². The highest BCUT2D eigenvalue weighted by atomic mass is 31.2. The zero-order valence-corrected chi connectivity index (χ0v) is 44.8. The van der Waals surface area contributed by atoms with Gasteiger partial charge in [0.25, 0.3) is 0 Å². The smallest absolute Gasteiger partial charge is 0.462 e. The average molecular weight is 992 g/mol. The molecule has 0 aliphatic rings. The quantitative estimate of drug-likeness (QED) is 0.0264. The highest BCUT2D eigenvalue weighted by Gasteiger charge is 2.26. The monoisotopic (exact) mass is 992 g/mol. The van der Waals surface area contributed by atoms with Crippen molar-refractivity contribution in [2.24, 2.45) is 5.73 Å². The molecular weight excluding hydrogens is 894 g/mol. The first-order valence-electron chi connectivity index (χ1n) is 27.2. The minimum Gasteiger partial charge on any atom is -0.462 e. The van der Waals surface area contributed by atoms with E-state index in [1.54, 1.807) is 0 Å². The molecule has 0 amide bonds. The first kappa shape index (κ1) is 66.2. The summed E-state index contributed by atoms with van der Waals surface area (Å²) in [6, 6.07) is 0. The van der Waals surface area contributed by atoms with Gasteiger partial charge in [0.15, 0.2) is 6.10 Å². The van der Waals surface area contributed by atoms with Crippen LogP contribution < -0.4 is 5.73 Å². The fourth-order valence-electron chi connectivity index (χ4n) is 6.78. The molecule has 396 valence electrons. The average Bonchev–Trinajstić information content (AvgIpc) is 3.35. The molecule has 2 unspecified atom stereocenters. The predicted octanol–water partition coefficient (Wildman–Crippen LogP) is 17.0. The second-order valence-corrected chi connectivity index (χ2v) is 18.8. The van der Waals surface area contributed by atoms with Crippen LogP contribution >= 0.6 is 7.82 Å². The fraction of sp³-hybridized carbons (Fsp3) is 0.600. The van der Waals surface area contributed by atoms with Gasteiger partial charge in [-0.3, -0.25) is 18.6 Å². The number of esters is 2. The lowest BCUT2D eigenvalue weighted by atomic mass is 10.1. The van der Waals surface area contributed by atoms with E-state index in [4.69, 9.17) is 24.3 Å². The molecule has 3 N–H and O–H groups in total. The van der Waals surface area contributed by atoms with Crippen LogP contribution in [0.5, 0.6) is 0 Å². The van der Waals surface area contributed by atoms with Crippen LogP contribution in [0.1, 0.15) is 200 Å². The van der Waals surface area contributed by atoms with Crippen molar-refractivity contribution >= 4 is 19.8 Å². The molecule has 10 heteroatoms. The fourth-order valence-corrected chi connectivity index (χ4v) is 7.55. The molecule has 0 heterocycles. The molecule has 0 aromatic heterocycles. The Labute approximate surface area is 427 Å². The second kappa shape index (κ2) is 54.5. The van der Waals surface area contributed by atoms with Gasteiger partial charge in [-0.05, 0) is 109 Å². The normalized spacial score (nSPS) is 14.2. The van der Waals surface area contributed by atoms with E-state index >= 15 is 0 Å². The van der Waals surface area contributed by atoms with Gasteiger partial charge in [-0.1, -0.05) is 212 Å². The number of rotatable bonds is 49. The van der Waals surface area contributed by atoms with Crippen molar-refractivity contribution in [3.8, 4) is 0 Å². The van der Waals surface area contributed by atoms with Crippen LogP contribution in [0.15, 0.2) is 134 Å². The van der Waals surface area contributed by atoms with Gasteiger partial charge in [0, 0.05) is 19.4 Å². The van der Waals surface area contributed by atoms with Gasteiger partial charge >= 0.3 is 19.8 Å². The highest BCUT2D eigenvalue weighted by molar-refractivity contribution is 7.47. The number of allylic oxidation sites excluding steroid dienone is 22. The van der Waals surface area contributed by atoms with Gasteiger partial charge in [-0.25, -0.2) is 4.57 Å². The molecule has 9 nitrogen and oxygen atoms in total. The summed E-state index contributed by atoms with van der Waals surface area (Å²) >= 11 is 0. The van der Waals surface area contributed by atoms with E-state index in [1.807, 2.05) is 0 Å². The van der Waals surface area contributed by atoms with E-state index in [-0.39, 0.29) is 32.6 Å². The molecule has 0 bridgehead atoms. The summed E-state index contributed by atoms with van der Waals surface area (Å²) in [5.74, 6) is -0.861. The summed E-state index contributed by atoms with van der Waals surface area (Å²) in [6.45, 7) is 3.51. The summed E-state index contributed by atoms with van der Waals surface area (Å²) in [5, 5.41) is 0. The number of phosphoric acid groups is 1. The topological polar surface area (TPSA) is 134 Å². The molecule has 0 saturated heterocycles. The van der Waals surface area contributed by atoms with E-state index in [0.29, 0.717) is 12.8 Å². The second-order valence-electron chi connectivity index (χ2n) is 17.4. The van der Waals surface area contributed by atoms with Crippen molar-refractivity contribution in [3.63, 3.8) is 0 Å². The van der Waals surface area contributed by atoms with Crippen LogP contribution in [0, 0.1) is 0 Å². The number of unbranched alkanes of at least 4 members (excludes halogenated alkanes) is 14. The third-order valence-electron chi connectivity index (χ3n) is 10.8. The summed E-state index contributed by atoms with van der Waals surface area (Å²) in [4.78, 5) is 34.9. The molecule has 0 fully saturated rings. The van der Waals surface area contributed by atoms with E-state index in [2.05, 4.69) is 148 Å². The molecule has 0 aliphatic carbocycles. The lowest BCUT2D eigenvalue weighted by Crippen LogP contribution is -2.29. The van der Waals surface area contributed by atoms with E-state index < -0.39 is 32.5 Å².